The van der Waals surface area contributed by atoms with Crippen LogP contribution in [0.25, 0.3) is 28.0 Å². The summed E-state index contributed by atoms with van der Waals surface area (Å²) in [4.78, 5) is 25.7. The standard InChI is InChI=1S/C34H32N8OS/c1-23-12-13-30-32(29-14-15-35-34(38-29)37-26-9-4-7-24(19-26)22-41-16-2-3-17-41)33(40-42(30)39-23)25-8-5-10-27(20-25)36-31(43)21-28-11-6-18-44-28/h4-15,18-20H,2-3,16-17,21-22H2,1H3,(H,36,43)(H,35,37,38). The summed E-state index contributed by atoms with van der Waals surface area (Å²) >= 11 is 1.57. The van der Waals surface area contributed by atoms with Crippen molar-refractivity contribution in [1.82, 2.24) is 29.7 Å². The average molecular weight is 601 g/mol. The summed E-state index contributed by atoms with van der Waals surface area (Å²) in [6.45, 7) is 5.20. The molecule has 7 rings (SSSR count). The van der Waals surface area contributed by atoms with Gasteiger partial charge in [0, 0.05) is 34.6 Å². The Morgan fingerprint density at radius 1 is 0.932 bits per heavy atom. The number of amides is 1. The third-order valence-electron chi connectivity index (χ3n) is 7.67. The van der Waals surface area contributed by atoms with Crippen LogP contribution in [-0.2, 0) is 17.8 Å². The number of carbonyl (C=O) groups is 1. The van der Waals surface area contributed by atoms with Crippen molar-refractivity contribution >= 4 is 40.1 Å². The van der Waals surface area contributed by atoms with E-state index in [0.717, 1.165) is 63.9 Å². The van der Waals surface area contributed by atoms with Crippen molar-refractivity contribution in [1.29, 1.82) is 0 Å². The number of thiophene rings is 1. The van der Waals surface area contributed by atoms with Crippen LogP contribution in [0, 0.1) is 6.92 Å². The minimum absolute atomic E-state index is 0.0619. The van der Waals surface area contributed by atoms with Crippen LogP contribution in [0.4, 0.5) is 17.3 Å². The van der Waals surface area contributed by atoms with Gasteiger partial charge < -0.3 is 10.6 Å². The highest BCUT2D eigenvalue weighted by Gasteiger charge is 2.20. The predicted octanol–water partition coefficient (Wildman–Crippen LogP) is 6.74. The van der Waals surface area contributed by atoms with Crippen molar-refractivity contribution in [3.63, 3.8) is 0 Å². The molecule has 1 aliphatic heterocycles. The fourth-order valence-corrected chi connectivity index (χ4v) is 6.34. The van der Waals surface area contributed by atoms with Gasteiger partial charge in [-0.3, -0.25) is 9.69 Å². The minimum Gasteiger partial charge on any atom is -0.326 e. The highest BCUT2D eigenvalue weighted by Crippen LogP contribution is 2.35. The van der Waals surface area contributed by atoms with E-state index in [2.05, 4.69) is 43.8 Å². The van der Waals surface area contributed by atoms with E-state index in [1.807, 2.05) is 73.0 Å². The number of carbonyl (C=O) groups excluding carboxylic acids is 1. The molecule has 4 aromatic heterocycles. The fourth-order valence-electron chi connectivity index (χ4n) is 5.64. The smallest absolute Gasteiger partial charge is 0.229 e. The molecule has 0 spiro atoms. The lowest BCUT2D eigenvalue weighted by Gasteiger charge is -2.15. The van der Waals surface area contributed by atoms with Gasteiger partial charge in [0.15, 0.2) is 0 Å². The van der Waals surface area contributed by atoms with E-state index in [1.165, 1.54) is 18.4 Å². The number of nitrogens with zero attached hydrogens (tertiary/aromatic N) is 6. The number of aryl methyl sites for hydroxylation is 1. The first-order chi connectivity index (χ1) is 21.6. The Morgan fingerprint density at radius 2 is 1.80 bits per heavy atom. The summed E-state index contributed by atoms with van der Waals surface area (Å²) in [6, 6.07) is 26.0. The minimum atomic E-state index is -0.0619. The van der Waals surface area contributed by atoms with Gasteiger partial charge in [0.05, 0.1) is 28.9 Å². The van der Waals surface area contributed by atoms with Gasteiger partial charge >= 0.3 is 0 Å². The van der Waals surface area contributed by atoms with Crippen LogP contribution in [-0.4, -0.2) is 48.7 Å². The van der Waals surface area contributed by atoms with Gasteiger partial charge in [-0.25, -0.2) is 9.97 Å². The summed E-state index contributed by atoms with van der Waals surface area (Å²) in [5, 5.41) is 17.9. The summed E-state index contributed by atoms with van der Waals surface area (Å²) < 4.78 is 1.65. The molecule has 9 nitrogen and oxygen atoms in total. The Labute approximate surface area is 259 Å². The molecular formula is C34H32N8OS. The molecule has 0 bridgehead atoms. The van der Waals surface area contributed by atoms with Gasteiger partial charge in [-0.2, -0.15) is 9.73 Å². The normalized spacial score (nSPS) is 13.4. The van der Waals surface area contributed by atoms with Crippen LogP contribution in [0.15, 0.2) is 90.4 Å². The Kier molecular flexibility index (Phi) is 7.83. The quantitative estimate of drug-likeness (QED) is 0.190. The van der Waals surface area contributed by atoms with Crippen LogP contribution in [0.1, 0.15) is 29.0 Å². The first kappa shape index (κ1) is 27.9. The summed E-state index contributed by atoms with van der Waals surface area (Å²) in [7, 11) is 0. The second-order valence-electron chi connectivity index (χ2n) is 11.0. The molecule has 44 heavy (non-hydrogen) atoms. The van der Waals surface area contributed by atoms with Crippen LogP contribution in [0.2, 0.25) is 0 Å². The molecule has 220 valence electrons. The van der Waals surface area contributed by atoms with Gasteiger partial charge in [-0.1, -0.05) is 30.3 Å². The molecule has 0 radical (unpaired) electrons. The van der Waals surface area contributed by atoms with Crippen molar-refractivity contribution in [2.24, 2.45) is 0 Å². The lowest BCUT2D eigenvalue weighted by molar-refractivity contribution is -0.115. The van der Waals surface area contributed by atoms with E-state index in [0.29, 0.717) is 18.1 Å². The summed E-state index contributed by atoms with van der Waals surface area (Å²) in [6.07, 6.45) is 4.64. The van der Waals surface area contributed by atoms with Gasteiger partial charge in [0.25, 0.3) is 0 Å². The average Bonchev–Trinajstić information content (AvgIpc) is 3.79. The predicted molar refractivity (Wildman–Crippen MR) is 175 cm³/mol. The Balaban J connectivity index is 1.20. The third-order valence-corrected chi connectivity index (χ3v) is 8.55. The second kappa shape index (κ2) is 12.4. The molecule has 2 aromatic carbocycles. The van der Waals surface area contributed by atoms with E-state index in [9.17, 15) is 4.79 Å². The molecule has 1 fully saturated rings. The molecule has 5 heterocycles. The van der Waals surface area contributed by atoms with Gasteiger partial charge in [0.2, 0.25) is 11.9 Å². The number of anilines is 3. The number of fused-ring (bicyclic) bond motifs is 1. The lowest BCUT2D eigenvalue weighted by Crippen LogP contribution is -2.18. The zero-order valence-corrected chi connectivity index (χ0v) is 25.2. The number of rotatable bonds is 9. The molecule has 6 aromatic rings. The van der Waals surface area contributed by atoms with Crippen LogP contribution in [0.3, 0.4) is 0 Å². The van der Waals surface area contributed by atoms with Gasteiger partial charge in [0.1, 0.15) is 5.69 Å². The Bertz CT molecular complexity index is 1930. The van der Waals surface area contributed by atoms with Crippen molar-refractivity contribution < 1.29 is 4.79 Å². The molecule has 1 saturated heterocycles. The van der Waals surface area contributed by atoms with Gasteiger partial charge in [-0.05, 0) is 92.3 Å². The number of hydrogen-bond acceptors (Lipinski definition) is 8. The topological polar surface area (TPSA) is 100 Å². The first-order valence-corrected chi connectivity index (χ1v) is 15.7. The van der Waals surface area contributed by atoms with Crippen LogP contribution < -0.4 is 10.6 Å². The SMILES string of the molecule is Cc1ccc2c(-c3ccnc(Nc4cccc(CN5CCCC5)c4)n3)c(-c3cccc(NC(=O)Cc4cccs4)c3)nn2n1. The molecule has 0 aliphatic carbocycles. The molecular weight excluding hydrogens is 568 g/mol. The fraction of sp³-hybridized carbons (Fsp3) is 0.206. The van der Waals surface area contributed by atoms with Crippen LogP contribution in [0.5, 0.6) is 0 Å². The monoisotopic (exact) mass is 600 g/mol. The Morgan fingerprint density at radius 3 is 2.66 bits per heavy atom. The van der Waals surface area contributed by atoms with E-state index in [1.54, 1.807) is 22.2 Å². The number of nitrogens with one attached hydrogen (secondary N) is 2. The van der Waals surface area contributed by atoms with E-state index in [4.69, 9.17) is 10.1 Å². The highest BCUT2D eigenvalue weighted by molar-refractivity contribution is 7.10. The molecule has 1 aliphatic rings. The number of aromatic nitrogens is 5. The summed E-state index contributed by atoms with van der Waals surface area (Å²) in [5.74, 6) is 0.439. The zero-order valence-electron chi connectivity index (χ0n) is 24.4. The maximum Gasteiger partial charge on any atom is 0.229 e. The van der Waals surface area contributed by atoms with Gasteiger partial charge in [-0.15, -0.1) is 16.4 Å². The molecule has 0 unspecified atom stereocenters. The molecule has 0 saturated carbocycles. The second-order valence-corrected chi connectivity index (χ2v) is 12.1. The lowest BCUT2D eigenvalue weighted by atomic mass is 10.0. The number of likely N-dealkylation sites (tertiary alicyclic amines) is 1. The Hall–Kier alpha value is -4.93. The van der Waals surface area contributed by atoms with Crippen molar-refractivity contribution in [3.05, 3.63) is 107 Å². The largest absolute Gasteiger partial charge is 0.326 e. The zero-order chi connectivity index (χ0) is 29.9. The number of hydrogen-bond donors (Lipinski definition) is 2. The molecule has 10 heteroatoms. The van der Waals surface area contributed by atoms with E-state index < -0.39 is 0 Å². The third kappa shape index (κ3) is 6.22. The maximum absolute atomic E-state index is 12.7. The summed E-state index contributed by atoms with van der Waals surface area (Å²) in [5.41, 5.74) is 7.72. The van der Waals surface area contributed by atoms with Crippen molar-refractivity contribution in [3.8, 4) is 22.5 Å². The van der Waals surface area contributed by atoms with Crippen molar-refractivity contribution in [2.75, 3.05) is 23.7 Å². The number of benzene rings is 2. The van der Waals surface area contributed by atoms with E-state index >= 15 is 0 Å². The molecule has 1 amide bonds. The van der Waals surface area contributed by atoms with E-state index in [-0.39, 0.29) is 5.91 Å². The highest BCUT2D eigenvalue weighted by atomic mass is 32.1. The molecule has 0 atom stereocenters. The molecule has 2 N–H and O–H groups in total. The first-order valence-electron chi connectivity index (χ1n) is 14.8. The van der Waals surface area contributed by atoms with Crippen LogP contribution >= 0.6 is 11.3 Å². The maximum atomic E-state index is 12.7. The van der Waals surface area contributed by atoms with Crippen molar-refractivity contribution in [2.45, 2.75) is 32.7 Å².